The molecule has 0 atom stereocenters. The maximum Gasteiger partial charge on any atom is 0.376 e. The molecule has 0 aliphatic carbocycles. The molecule has 0 aromatic carbocycles. The zero-order valence-electron chi connectivity index (χ0n) is 10.9. The Morgan fingerprint density at radius 1 is 1.47 bits per heavy atom. The van der Waals surface area contributed by atoms with E-state index in [1.807, 2.05) is 7.05 Å². The van der Waals surface area contributed by atoms with Gasteiger partial charge in [0.25, 0.3) is 0 Å². The van der Waals surface area contributed by atoms with Crippen LogP contribution < -0.4 is 5.32 Å². The number of carbonyl (C=O) groups is 1. The maximum absolute atomic E-state index is 11.4. The van der Waals surface area contributed by atoms with E-state index >= 15 is 0 Å². The van der Waals surface area contributed by atoms with E-state index in [9.17, 15) is 4.79 Å². The minimum atomic E-state index is -0.564. The second-order valence-corrected chi connectivity index (χ2v) is 3.92. The third-order valence-electron chi connectivity index (χ3n) is 2.45. The van der Waals surface area contributed by atoms with Crippen LogP contribution in [0, 0.1) is 6.92 Å². The molecule has 2 aromatic rings. The fraction of sp³-hybridized carbons (Fsp3) is 0.364. The minimum absolute atomic E-state index is 0.0305. The summed E-state index contributed by atoms with van der Waals surface area (Å²) in [4.78, 5) is 19.5. The fourth-order valence-corrected chi connectivity index (χ4v) is 1.48. The Labute approximate surface area is 109 Å². The van der Waals surface area contributed by atoms with Crippen LogP contribution in [-0.4, -0.2) is 37.8 Å². The van der Waals surface area contributed by atoms with E-state index in [0.29, 0.717) is 18.1 Å². The van der Waals surface area contributed by atoms with E-state index < -0.39 is 5.97 Å². The van der Waals surface area contributed by atoms with Crippen LogP contribution in [0.2, 0.25) is 0 Å². The lowest BCUT2D eigenvalue weighted by molar-refractivity contribution is 0.0586. The van der Waals surface area contributed by atoms with Crippen LogP contribution in [0.1, 0.15) is 22.1 Å². The monoisotopic (exact) mass is 262 g/mol. The van der Waals surface area contributed by atoms with Crippen LogP contribution in [0.4, 0.5) is 5.82 Å². The third-order valence-corrected chi connectivity index (χ3v) is 2.45. The van der Waals surface area contributed by atoms with Gasteiger partial charge in [-0.15, -0.1) is 10.2 Å². The van der Waals surface area contributed by atoms with Crippen molar-refractivity contribution in [1.29, 1.82) is 0 Å². The number of esters is 1. The van der Waals surface area contributed by atoms with Crippen LogP contribution in [0.25, 0.3) is 0 Å². The number of hydrogen-bond donors (Lipinski definition) is 1. The van der Waals surface area contributed by atoms with Crippen molar-refractivity contribution in [2.45, 2.75) is 13.5 Å². The van der Waals surface area contributed by atoms with Crippen LogP contribution in [0.15, 0.2) is 12.4 Å². The van der Waals surface area contributed by atoms with Crippen molar-refractivity contribution >= 4 is 11.8 Å². The number of rotatable bonds is 4. The summed E-state index contributed by atoms with van der Waals surface area (Å²) >= 11 is 0. The van der Waals surface area contributed by atoms with Gasteiger partial charge in [-0.3, -0.25) is 0 Å². The number of nitrogens with zero attached hydrogens (tertiary/aromatic N) is 5. The molecule has 100 valence electrons. The van der Waals surface area contributed by atoms with Crippen LogP contribution in [0.3, 0.4) is 0 Å². The predicted octanol–water partition coefficient (Wildman–Crippen LogP) is 0.312. The lowest BCUT2D eigenvalue weighted by Gasteiger charge is -2.07. The number of carbonyl (C=O) groups excluding carboxylic acids is 1. The number of aryl methyl sites for hydroxylation is 2. The first-order valence-electron chi connectivity index (χ1n) is 5.61. The predicted molar refractivity (Wildman–Crippen MR) is 66.4 cm³/mol. The smallest absolute Gasteiger partial charge is 0.376 e. The molecule has 0 radical (unpaired) electrons. The van der Waals surface area contributed by atoms with E-state index in [-0.39, 0.29) is 5.82 Å². The standard InChI is InChI=1S/C11H14N6O2/c1-7-4-8(15-10(14-7)11(18)19-3)12-5-9-16-13-6-17(9)2/h4,6H,5H2,1-3H3,(H,12,14,15). The van der Waals surface area contributed by atoms with Crippen LogP contribution in [0.5, 0.6) is 0 Å². The van der Waals surface area contributed by atoms with Crippen molar-refractivity contribution in [1.82, 2.24) is 24.7 Å². The van der Waals surface area contributed by atoms with Gasteiger partial charge in [-0.2, -0.15) is 0 Å². The van der Waals surface area contributed by atoms with Gasteiger partial charge in [0.1, 0.15) is 12.1 Å². The molecule has 2 rings (SSSR count). The van der Waals surface area contributed by atoms with E-state index in [2.05, 4.69) is 30.2 Å². The zero-order valence-corrected chi connectivity index (χ0v) is 10.9. The second-order valence-electron chi connectivity index (χ2n) is 3.92. The van der Waals surface area contributed by atoms with Gasteiger partial charge in [-0.1, -0.05) is 0 Å². The summed E-state index contributed by atoms with van der Waals surface area (Å²) in [5.41, 5.74) is 0.677. The highest BCUT2D eigenvalue weighted by Gasteiger charge is 2.11. The molecular weight excluding hydrogens is 248 g/mol. The zero-order chi connectivity index (χ0) is 13.8. The number of aromatic nitrogens is 5. The molecule has 0 aliphatic rings. The van der Waals surface area contributed by atoms with Crippen LogP contribution >= 0.6 is 0 Å². The lowest BCUT2D eigenvalue weighted by Crippen LogP contribution is -2.12. The molecule has 19 heavy (non-hydrogen) atoms. The van der Waals surface area contributed by atoms with Gasteiger partial charge in [0.05, 0.1) is 13.7 Å². The average Bonchev–Trinajstić information content (AvgIpc) is 2.80. The topological polar surface area (TPSA) is 94.8 Å². The first-order chi connectivity index (χ1) is 9.10. The Hall–Kier alpha value is -2.51. The molecule has 1 N–H and O–H groups in total. The quantitative estimate of drug-likeness (QED) is 0.792. The molecule has 2 heterocycles. The summed E-state index contributed by atoms with van der Waals surface area (Å²) in [7, 11) is 3.14. The summed E-state index contributed by atoms with van der Waals surface area (Å²) < 4.78 is 6.39. The second kappa shape index (κ2) is 5.42. The van der Waals surface area contributed by atoms with Gasteiger partial charge in [-0.25, -0.2) is 14.8 Å². The van der Waals surface area contributed by atoms with Crippen molar-refractivity contribution in [2.24, 2.45) is 7.05 Å². The molecule has 0 unspecified atom stereocenters. The van der Waals surface area contributed by atoms with Gasteiger partial charge < -0.3 is 14.6 Å². The Balaban J connectivity index is 2.14. The first kappa shape index (κ1) is 12.9. The van der Waals surface area contributed by atoms with E-state index in [1.54, 1.807) is 23.9 Å². The molecule has 0 aliphatic heterocycles. The minimum Gasteiger partial charge on any atom is -0.463 e. The summed E-state index contributed by atoms with van der Waals surface area (Å²) in [5.74, 6) is 0.764. The number of anilines is 1. The normalized spacial score (nSPS) is 10.3. The maximum atomic E-state index is 11.4. The lowest BCUT2D eigenvalue weighted by atomic mass is 10.4. The van der Waals surface area contributed by atoms with Crippen LogP contribution in [-0.2, 0) is 18.3 Å². The highest BCUT2D eigenvalue weighted by atomic mass is 16.5. The van der Waals surface area contributed by atoms with Crippen molar-refractivity contribution < 1.29 is 9.53 Å². The molecule has 0 fully saturated rings. The molecule has 8 nitrogen and oxygen atoms in total. The van der Waals surface area contributed by atoms with Gasteiger partial charge in [-0.05, 0) is 6.92 Å². The number of methoxy groups -OCH3 is 1. The summed E-state index contributed by atoms with van der Waals surface area (Å²) in [5, 5.41) is 10.8. The van der Waals surface area contributed by atoms with Crippen molar-refractivity contribution in [3.8, 4) is 0 Å². The van der Waals surface area contributed by atoms with Gasteiger partial charge >= 0.3 is 5.97 Å². The van der Waals surface area contributed by atoms with E-state index in [1.165, 1.54) is 7.11 Å². The van der Waals surface area contributed by atoms with E-state index in [4.69, 9.17) is 0 Å². The molecule has 0 saturated carbocycles. The summed E-state index contributed by atoms with van der Waals surface area (Å²) in [6.45, 7) is 2.23. The van der Waals surface area contributed by atoms with Gasteiger partial charge in [0.15, 0.2) is 5.82 Å². The SMILES string of the molecule is COC(=O)c1nc(C)cc(NCc2nncn2C)n1. The number of ether oxygens (including phenoxy) is 1. The summed E-state index contributed by atoms with van der Waals surface area (Å²) in [6, 6.07) is 1.74. The first-order valence-corrected chi connectivity index (χ1v) is 5.61. The molecular formula is C11H14N6O2. The van der Waals surface area contributed by atoms with Crippen molar-refractivity contribution in [2.75, 3.05) is 12.4 Å². The Morgan fingerprint density at radius 3 is 2.89 bits per heavy atom. The Bertz CT molecular complexity index is 595. The van der Waals surface area contributed by atoms with Gasteiger partial charge in [0.2, 0.25) is 5.82 Å². The summed E-state index contributed by atoms with van der Waals surface area (Å²) in [6.07, 6.45) is 1.61. The molecule has 0 saturated heterocycles. The third kappa shape index (κ3) is 3.03. The van der Waals surface area contributed by atoms with Crippen molar-refractivity contribution in [3.05, 3.63) is 29.7 Å². The fourth-order valence-electron chi connectivity index (χ4n) is 1.48. The van der Waals surface area contributed by atoms with E-state index in [0.717, 1.165) is 5.82 Å². The molecule has 0 bridgehead atoms. The number of hydrogen-bond acceptors (Lipinski definition) is 7. The largest absolute Gasteiger partial charge is 0.463 e. The molecule has 8 heteroatoms. The average molecular weight is 262 g/mol. The Kier molecular flexibility index (Phi) is 3.69. The molecule has 2 aromatic heterocycles. The molecule has 0 amide bonds. The highest BCUT2D eigenvalue weighted by Crippen LogP contribution is 2.08. The number of nitrogens with one attached hydrogen (secondary N) is 1. The van der Waals surface area contributed by atoms with Gasteiger partial charge in [0, 0.05) is 18.8 Å². The van der Waals surface area contributed by atoms with Crippen molar-refractivity contribution in [3.63, 3.8) is 0 Å². The molecule has 0 spiro atoms. The Morgan fingerprint density at radius 2 is 2.26 bits per heavy atom. The highest BCUT2D eigenvalue weighted by molar-refractivity contribution is 5.85.